The highest BCUT2D eigenvalue weighted by molar-refractivity contribution is 5.94. The Labute approximate surface area is 144 Å². The fraction of sp³-hybridized carbons (Fsp3) is 0.316. The maximum Gasteiger partial charge on any atom is 0.305 e. The van der Waals surface area contributed by atoms with Gasteiger partial charge in [-0.05, 0) is 42.9 Å². The van der Waals surface area contributed by atoms with Crippen LogP contribution in [0.5, 0.6) is 0 Å². The lowest BCUT2D eigenvalue weighted by Gasteiger charge is -2.19. The van der Waals surface area contributed by atoms with Gasteiger partial charge >= 0.3 is 5.97 Å². The maximum absolute atomic E-state index is 12.6. The summed E-state index contributed by atoms with van der Waals surface area (Å²) in [5.74, 6) is -1.57. The Bertz CT molecular complexity index is 842. The number of carbonyl (C=O) groups excluding carboxylic acids is 1. The van der Waals surface area contributed by atoms with Crippen molar-refractivity contribution in [1.82, 2.24) is 10.3 Å². The molecule has 0 radical (unpaired) electrons. The van der Waals surface area contributed by atoms with E-state index in [1.165, 1.54) is 0 Å². The third-order valence-electron chi connectivity index (χ3n) is 4.47. The smallest absolute Gasteiger partial charge is 0.305 e. The van der Waals surface area contributed by atoms with Gasteiger partial charge in [0.1, 0.15) is 5.56 Å². The Kier molecular flexibility index (Phi) is 4.97. The van der Waals surface area contributed by atoms with E-state index in [2.05, 4.69) is 10.3 Å². The summed E-state index contributed by atoms with van der Waals surface area (Å²) in [6.07, 6.45) is 3.47. The monoisotopic (exact) mass is 340 g/mol. The summed E-state index contributed by atoms with van der Waals surface area (Å²) in [7, 11) is 0. The number of carbonyl (C=O) groups is 2. The number of hydrogen-bond donors (Lipinski definition) is 3. The Morgan fingerprint density at radius 3 is 2.60 bits per heavy atom. The zero-order valence-corrected chi connectivity index (χ0v) is 13.7. The lowest BCUT2D eigenvalue weighted by molar-refractivity contribution is -0.137. The van der Waals surface area contributed by atoms with Crippen molar-refractivity contribution in [1.29, 1.82) is 0 Å². The summed E-state index contributed by atoms with van der Waals surface area (Å²) in [6.45, 7) is 0. The molecule has 3 rings (SSSR count). The van der Waals surface area contributed by atoms with Crippen LogP contribution in [-0.2, 0) is 17.6 Å². The second-order valence-corrected chi connectivity index (χ2v) is 6.26. The van der Waals surface area contributed by atoms with E-state index < -0.39 is 23.5 Å². The molecule has 1 aromatic heterocycles. The Balaban J connectivity index is 1.86. The van der Waals surface area contributed by atoms with Gasteiger partial charge in [-0.2, -0.15) is 0 Å². The van der Waals surface area contributed by atoms with Gasteiger partial charge in [0.25, 0.3) is 11.5 Å². The molecule has 0 aliphatic heterocycles. The molecular weight excluding hydrogens is 320 g/mol. The topological polar surface area (TPSA) is 99.3 Å². The maximum atomic E-state index is 12.6. The molecule has 1 amide bonds. The number of amides is 1. The quantitative estimate of drug-likeness (QED) is 0.777. The number of nitrogens with one attached hydrogen (secondary N) is 2. The SMILES string of the molecule is O=C(O)CC(NC(=O)c1cc2c([nH]c1=O)CCCC2)c1ccccc1. The first-order valence-corrected chi connectivity index (χ1v) is 8.37. The second-order valence-electron chi connectivity index (χ2n) is 6.26. The third kappa shape index (κ3) is 3.96. The van der Waals surface area contributed by atoms with Crippen molar-refractivity contribution in [3.05, 3.63) is 69.1 Å². The Hall–Kier alpha value is -2.89. The van der Waals surface area contributed by atoms with E-state index in [9.17, 15) is 14.4 Å². The molecule has 1 aromatic carbocycles. The molecule has 0 saturated heterocycles. The molecular formula is C19H20N2O4. The number of aliphatic carboxylic acids is 1. The molecule has 1 aliphatic carbocycles. The van der Waals surface area contributed by atoms with Gasteiger partial charge in [-0.25, -0.2) is 0 Å². The van der Waals surface area contributed by atoms with E-state index in [0.717, 1.165) is 36.9 Å². The minimum Gasteiger partial charge on any atom is -0.481 e. The van der Waals surface area contributed by atoms with Crippen molar-refractivity contribution >= 4 is 11.9 Å². The van der Waals surface area contributed by atoms with E-state index in [-0.39, 0.29) is 12.0 Å². The number of aryl methyl sites for hydroxylation is 2. The highest BCUT2D eigenvalue weighted by Gasteiger charge is 2.22. The van der Waals surface area contributed by atoms with Crippen molar-refractivity contribution in [3.8, 4) is 0 Å². The number of carboxylic acid groups (broad SMARTS) is 1. The highest BCUT2D eigenvalue weighted by Crippen LogP contribution is 2.20. The van der Waals surface area contributed by atoms with Gasteiger partial charge in [-0.15, -0.1) is 0 Å². The molecule has 3 N–H and O–H groups in total. The minimum absolute atomic E-state index is 0.0342. The average Bonchev–Trinajstić information content (AvgIpc) is 2.61. The van der Waals surface area contributed by atoms with Crippen molar-refractivity contribution in [2.75, 3.05) is 0 Å². The number of pyridine rings is 1. The number of aromatic nitrogens is 1. The molecule has 6 nitrogen and oxygen atoms in total. The number of fused-ring (bicyclic) bond motifs is 1. The predicted molar refractivity (Wildman–Crippen MR) is 92.6 cm³/mol. The lowest BCUT2D eigenvalue weighted by atomic mass is 9.94. The van der Waals surface area contributed by atoms with Gasteiger partial charge in [0, 0.05) is 5.69 Å². The number of carboxylic acids is 1. The van der Waals surface area contributed by atoms with Gasteiger partial charge in [-0.3, -0.25) is 14.4 Å². The van der Waals surface area contributed by atoms with Crippen LogP contribution in [-0.4, -0.2) is 22.0 Å². The van der Waals surface area contributed by atoms with Crippen LogP contribution >= 0.6 is 0 Å². The van der Waals surface area contributed by atoms with Crippen molar-refractivity contribution in [3.63, 3.8) is 0 Å². The molecule has 25 heavy (non-hydrogen) atoms. The van der Waals surface area contributed by atoms with E-state index in [1.807, 2.05) is 6.07 Å². The van der Waals surface area contributed by atoms with E-state index in [1.54, 1.807) is 30.3 Å². The van der Waals surface area contributed by atoms with Gasteiger partial charge < -0.3 is 15.4 Å². The fourth-order valence-corrected chi connectivity index (χ4v) is 3.19. The summed E-state index contributed by atoms with van der Waals surface area (Å²) in [5, 5.41) is 11.8. The largest absolute Gasteiger partial charge is 0.481 e. The number of rotatable bonds is 5. The standard InChI is InChI=1S/C19H20N2O4/c22-17(23)11-16(12-6-2-1-3-7-12)21-19(25)14-10-13-8-4-5-9-15(13)20-18(14)24/h1-3,6-7,10,16H,4-5,8-9,11H2,(H,20,24)(H,21,25)(H,22,23). The molecule has 0 fully saturated rings. The molecule has 0 saturated carbocycles. The first-order valence-electron chi connectivity index (χ1n) is 8.37. The van der Waals surface area contributed by atoms with E-state index in [0.29, 0.717) is 5.56 Å². The molecule has 0 bridgehead atoms. The first kappa shape index (κ1) is 17.0. The van der Waals surface area contributed by atoms with Crippen molar-refractivity contribution in [2.45, 2.75) is 38.1 Å². The van der Waals surface area contributed by atoms with Crippen LogP contribution in [0.1, 0.15) is 52.5 Å². The van der Waals surface area contributed by atoms with Crippen LogP contribution in [0.15, 0.2) is 41.2 Å². The molecule has 6 heteroatoms. The molecule has 1 atom stereocenters. The Morgan fingerprint density at radius 2 is 1.88 bits per heavy atom. The van der Waals surface area contributed by atoms with E-state index in [4.69, 9.17) is 5.11 Å². The number of benzene rings is 1. The average molecular weight is 340 g/mol. The van der Waals surface area contributed by atoms with Crippen LogP contribution in [0.2, 0.25) is 0 Å². The normalized spacial score (nSPS) is 14.4. The molecule has 1 aliphatic rings. The summed E-state index contributed by atoms with van der Waals surface area (Å²) < 4.78 is 0. The molecule has 130 valence electrons. The zero-order valence-electron chi connectivity index (χ0n) is 13.7. The van der Waals surface area contributed by atoms with Crippen LogP contribution in [0, 0.1) is 0 Å². The number of H-pyrrole nitrogens is 1. The first-order chi connectivity index (χ1) is 12.0. The predicted octanol–water partition coefficient (Wildman–Crippen LogP) is 2.20. The van der Waals surface area contributed by atoms with Gasteiger partial charge in [-0.1, -0.05) is 30.3 Å². The van der Waals surface area contributed by atoms with Crippen LogP contribution in [0.25, 0.3) is 0 Å². The van der Waals surface area contributed by atoms with Crippen molar-refractivity contribution in [2.24, 2.45) is 0 Å². The molecule has 2 aromatic rings. The van der Waals surface area contributed by atoms with Crippen LogP contribution < -0.4 is 10.9 Å². The fourth-order valence-electron chi connectivity index (χ4n) is 3.19. The molecule has 0 spiro atoms. The zero-order chi connectivity index (χ0) is 17.8. The summed E-state index contributed by atoms with van der Waals surface area (Å²) in [6, 6.07) is 9.84. The van der Waals surface area contributed by atoms with Crippen LogP contribution in [0.4, 0.5) is 0 Å². The van der Waals surface area contributed by atoms with Gasteiger partial charge in [0.2, 0.25) is 0 Å². The van der Waals surface area contributed by atoms with Gasteiger partial charge in [0.05, 0.1) is 12.5 Å². The highest BCUT2D eigenvalue weighted by atomic mass is 16.4. The summed E-state index contributed by atoms with van der Waals surface area (Å²) in [4.78, 5) is 38.8. The minimum atomic E-state index is -1.02. The van der Waals surface area contributed by atoms with E-state index >= 15 is 0 Å². The summed E-state index contributed by atoms with van der Waals surface area (Å²) >= 11 is 0. The third-order valence-corrected chi connectivity index (χ3v) is 4.47. The molecule has 1 heterocycles. The van der Waals surface area contributed by atoms with Crippen LogP contribution in [0.3, 0.4) is 0 Å². The second kappa shape index (κ2) is 7.34. The number of aromatic amines is 1. The summed E-state index contributed by atoms with van der Waals surface area (Å²) in [5.41, 5.74) is 2.18. The van der Waals surface area contributed by atoms with Crippen molar-refractivity contribution < 1.29 is 14.7 Å². The lowest BCUT2D eigenvalue weighted by Crippen LogP contribution is -2.34. The molecule has 1 unspecified atom stereocenters. The Morgan fingerprint density at radius 1 is 1.16 bits per heavy atom. The van der Waals surface area contributed by atoms with Gasteiger partial charge in [0.15, 0.2) is 0 Å². The number of hydrogen-bond acceptors (Lipinski definition) is 3.